The molecule has 3 nitrogen and oxygen atoms in total. The van der Waals surface area contributed by atoms with Crippen molar-refractivity contribution in [1.29, 1.82) is 0 Å². The first-order chi connectivity index (χ1) is 7.29. The monoisotopic (exact) mass is 223 g/mol. The van der Waals surface area contributed by atoms with Crippen molar-refractivity contribution in [2.45, 2.75) is 6.42 Å². The quantitative estimate of drug-likeness (QED) is 0.870. The molecule has 0 amide bonds. The SMILES string of the molecule is OCCc1cc(-c2cccc(Cl)c2)on1. The first kappa shape index (κ1) is 10.2. The standard InChI is InChI=1S/C11H10ClNO2/c12-9-3-1-2-8(6-9)11-7-10(4-5-14)13-15-11/h1-3,6-7,14H,4-5H2. The average Bonchev–Trinajstić information content (AvgIpc) is 2.67. The Bertz CT molecular complexity index is 453. The van der Waals surface area contributed by atoms with Crippen LogP contribution in [0.1, 0.15) is 5.69 Å². The minimum atomic E-state index is 0.0710. The summed E-state index contributed by atoms with van der Waals surface area (Å²) in [5, 5.41) is 13.2. The van der Waals surface area contributed by atoms with E-state index in [0.717, 1.165) is 11.3 Å². The highest BCUT2D eigenvalue weighted by molar-refractivity contribution is 6.30. The highest BCUT2D eigenvalue weighted by atomic mass is 35.5. The van der Waals surface area contributed by atoms with Crippen molar-refractivity contribution in [3.05, 3.63) is 41.0 Å². The molecule has 15 heavy (non-hydrogen) atoms. The molecule has 0 spiro atoms. The van der Waals surface area contributed by atoms with E-state index in [1.807, 2.05) is 24.3 Å². The summed E-state index contributed by atoms with van der Waals surface area (Å²) in [5.41, 5.74) is 1.63. The summed E-state index contributed by atoms with van der Waals surface area (Å²) in [6.07, 6.45) is 0.504. The lowest BCUT2D eigenvalue weighted by Gasteiger charge is -1.94. The molecule has 0 saturated carbocycles. The normalized spacial score (nSPS) is 10.5. The molecule has 0 saturated heterocycles. The van der Waals surface area contributed by atoms with Crippen molar-refractivity contribution in [1.82, 2.24) is 5.16 Å². The van der Waals surface area contributed by atoms with Gasteiger partial charge in [0.05, 0.1) is 5.69 Å². The van der Waals surface area contributed by atoms with Crippen LogP contribution in [-0.2, 0) is 6.42 Å². The molecule has 1 aromatic heterocycles. The first-order valence-electron chi connectivity index (χ1n) is 4.62. The lowest BCUT2D eigenvalue weighted by Crippen LogP contribution is -1.88. The topological polar surface area (TPSA) is 46.3 Å². The van der Waals surface area contributed by atoms with Crippen molar-refractivity contribution < 1.29 is 9.63 Å². The Hall–Kier alpha value is -1.32. The van der Waals surface area contributed by atoms with Gasteiger partial charge in [-0.05, 0) is 12.1 Å². The molecule has 78 valence electrons. The van der Waals surface area contributed by atoms with E-state index in [1.54, 1.807) is 6.07 Å². The smallest absolute Gasteiger partial charge is 0.167 e. The van der Waals surface area contributed by atoms with Crippen LogP contribution in [-0.4, -0.2) is 16.9 Å². The number of benzene rings is 1. The van der Waals surface area contributed by atoms with E-state index < -0.39 is 0 Å². The molecule has 0 aliphatic carbocycles. The van der Waals surface area contributed by atoms with Crippen LogP contribution in [0, 0.1) is 0 Å². The molecule has 0 bridgehead atoms. The lowest BCUT2D eigenvalue weighted by atomic mass is 10.1. The van der Waals surface area contributed by atoms with Crippen LogP contribution in [0.5, 0.6) is 0 Å². The van der Waals surface area contributed by atoms with E-state index in [-0.39, 0.29) is 6.61 Å². The lowest BCUT2D eigenvalue weighted by molar-refractivity contribution is 0.294. The number of aromatic nitrogens is 1. The minimum absolute atomic E-state index is 0.0710. The fourth-order valence-corrected chi connectivity index (χ4v) is 1.51. The maximum absolute atomic E-state index is 8.74. The molecule has 2 aromatic rings. The molecule has 1 aromatic carbocycles. The molecule has 0 aliphatic rings. The summed E-state index contributed by atoms with van der Waals surface area (Å²) >= 11 is 5.86. The molecule has 0 radical (unpaired) electrons. The summed E-state index contributed by atoms with van der Waals surface area (Å²) < 4.78 is 5.14. The van der Waals surface area contributed by atoms with E-state index in [1.165, 1.54) is 0 Å². The molecule has 0 aliphatic heterocycles. The van der Waals surface area contributed by atoms with Gasteiger partial charge in [0.25, 0.3) is 0 Å². The summed E-state index contributed by atoms with van der Waals surface area (Å²) in [5.74, 6) is 0.668. The Morgan fingerprint density at radius 2 is 2.20 bits per heavy atom. The third-order valence-electron chi connectivity index (χ3n) is 2.04. The van der Waals surface area contributed by atoms with Gasteiger partial charge in [0, 0.05) is 29.7 Å². The highest BCUT2D eigenvalue weighted by Crippen LogP contribution is 2.23. The van der Waals surface area contributed by atoms with Crippen molar-refractivity contribution in [3.63, 3.8) is 0 Å². The van der Waals surface area contributed by atoms with E-state index >= 15 is 0 Å². The van der Waals surface area contributed by atoms with Gasteiger partial charge in [0.15, 0.2) is 5.76 Å². The van der Waals surface area contributed by atoms with Crippen LogP contribution in [0.4, 0.5) is 0 Å². The Labute approximate surface area is 92.3 Å². The first-order valence-corrected chi connectivity index (χ1v) is 5.00. The zero-order chi connectivity index (χ0) is 10.7. The zero-order valence-corrected chi connectivity index (χ0v) is 8.74. The maximum Gasteiger partial charge on any atom is 0.167 e. The van der Waals surface area contributed by atoms with Crippen molar-refractivity contribution in [2.24, 2.45) is 0 Å². The van der Waals surface area contributed by atoms with Crippen LogP contribution >= 0.6 is 11.6 Å². The second-order valence-corrected chi connectivity index (χ2v) is 3.60. The Balaban J connectivity index is 2.29. The molecular formula is C11H10ClNO2. The van der Waals surface area contributed by atoms with Gasteiger partial charge in [0.2, 0.25) is 0 Å². The largest absolute Gasteiger partial charge is 0.396 e. The van der Waals surface area contributed by atoms with Crippen molar-refractivity contribution in [2.75, 3.05) is 6.61 Å². The summed E-state index contributed by atoms with van der Waals surface area (Å²) in [6, 6.07) is 9.17. The number of nitrogens with zero attached hydrogens (tertiary/aromatic N) is 1. The summed E-state index contributed by atoms with van der Waals surface area (Å²) in [6.45, 7) is 0.0710. The van der Waals surface area contributed by atoms with Crippen LogP contribution in [0.15, 0.2) is 34.9 Å². The number of hydrogen-bond donors (Lipinski definition) is 1. The van der Waals surface area contributed by atoms with Gasteiger partial charge in [0.1, 0.15) is 0 Å². The van der Waals surface area contributed by atoms with E-state index in [0.29, 0.717) is 17.2 Å². The number of aliphatic hydroxyl groups is 1. The fourth-order valence-electron chi connectivity index (χ4n) is 1.32. The Morgan fingerprint density at radius 1 is 1.33 bits per heavy atom. The van der Waals surface area contributed by atoms with Gasteiger partial charge in [-0.2, -0.15) is 0 Å². The third kappa shape index (κ3) is 2.37. The fraction of sp³-hybridized carbons (Fsp3) is 0.182. The van der Waals surface area contributed by atoms with Crippen molar-refractivity contribution in [3.8, 4) is 11.3 Å². The molecular weight excluding hydrogens is 214 g/mol. The van der Waals surface area contributed by atoms with E-state index in [2.05, 4.69) is 5.16 Å². The van der Waals surface area contributed by atoms with Gasteiger partial charge in [-0.15, -0.1) is 0 Å². The Kier molecular flexibility index (Phi) is 3.04. The van der Waals surface area contributed by atoms with Crippen LogP contribution < -0.4 is 0 Å². The van der Waals surface area contributed by atoms with Gasteiger partial charge in [-0.25, -0.2) is 0 Å². The van der Waals surface area contributed by atoms with Gasteiger partial charge < -0.3 is 9.63 Å². The summed E-state index contributed by atoms with van der Waals surface area (Å²) in [4.78, 5) is 0. The molecule has 2 rings (SSSR count). The predicted octanol–water partition coefficient (Wildman–Crippen LogP) is 2.53. The molecule has 1 heterocycles. The Morgan fingerprint density at radius 3 is 2.93 bits per heavy atom. The highest BCUT2D eigenvalue weighted by Gasteiger charge is 2.06. The van der Waals surface area contributed by atoms with E-state index in [4.69, 9.17) is 21.2 Å². The molecule has 1 N–H and O–H groups in total. The zero-order valence-electron chi connectivity index (χ0n) is 7.98. The second kappa shape index (κ2) is 4.47. The van der Waals surface area contributed by atoms with Crippen LogP contribution in [0.25, 0.3) is 11.3 Å². The molecule has 0 unspecified atom stereocenters. The number of hydrogen-bond acceptors (Lipinski definition) is 3. The average molecular weight is 224 g/mol. The second-order valence-electron chi connectivity index (χ2n) is 3.17. The van der Waals surface area contributed by atoms with Crippen LogP contribution in [0.2, 0.25) is 5.02 Å². The number of halogens is 1. The van der Waals surface area contributed by atoms with E-state index in [9.17, 15) is 0 Å². The number of aliphatic hydroxyl groups excluding tert-OH is 1. The maximum atomic E-state index is 8.74. The third-order valence-corrected chi connectivity index (χ3v) is 2.27. The van der Waals surface area contributed by atoms with Gasteiger partial charge in [-0.3, -0.25) is 0 Å². The summed E-state index contributed by atoms with van der Waals surface area (Å²) in [7, 11) is 0. The molecule has 4 heteroatoms. The van der Waals surface area contributed by atoms with Gasteiger partial charge >= 0.3 is 0 Å². The minimum Gasteiger partial charge on any atom is -0.396 e. The predicted molar refractivity (Wildman–Crippen MR) is 57.7 cm³/mol. The van der Waals surface area contributed by atoms with Gasteiger partial charge in [-0.1, -0.05) is 28.9 Å². The van der Waals surface area contributed by atoms with Crippen molar-refractivity contribution >= 4 is 11.6 Å². The molecule has 0 atom stereocenters. The molecule has 0 fully saturated rings. The van der Waals surface area contributed by atoms with Crippen LogP contribution in [0.3, 0.4) is 0 Å². The number of rotatable bonds is 3.